The fourth-order valence-corrected chi connectivity index (χ4v) is 2.79. The molecule has 0 aromatic carbocycles. The Bertz CT molecular complexity index is 322. The number of hydrogen-bond acceptors (Lipinski definition) is 4. The summed E-state index contributed by atoms with van der Waals surface area (Å²) in [7, 11) is 0. The molecule has 2 bridgehead atoms. The third kappa shape index (κ3) is 1.67. The van der Waals surface area contributed by atoms with Crippen molar-refractivity contribution in [1.82, 2.24) is 0 Å². The first-order valence-corrected chi connectivity index (χ1v) is 4.92. The minimum absolute atomic E-state index is 0.383. The molecule has 4 nitrogen and oxygen atoms in total. The van der Waals surface area contributed by atoms with Crippen LogP contribution in [0.4, 0.5) is 13.2 Å². The molecule has 7 heteroatoms. The summed E-state index contributed by atoms with van der Waals surface area (Å²) in [5.74, 6) is -2.35. The second-order valence-corrected chi connectivity index (χ2v) is 4.83. The molecule has 3 rings (SSSR count). The van der Waals surface area contributed by atoms with Crippen LogP contribution < -0.4 is 5.73 Å². The Morgan fingerprint density at radius 1 is 1.38 bits per heavy atom. The van der Waals surface area contributed by atoms with E-state index in [0.717, 1.165) is 0 Å². The molecule has 0 aromatic rings. The molecule has 0 heterocycles. The summed E-state index contributed by atoms with van der Waals surface area (Å²) in [6.45, 7) is 0. The van der Waals surface area contributed by atoms with Crippen LogP contribution in [0.3, 0.4) is 0 Å². The predicted octanol–water partition coefficient (Wildman–Crippen LogP) is 0.682. The molecule has 3 aliphatic rings. The van der Waals surface area contributed by atoms with Crippen molar-refractivity contribution in [1.29, 1.82) is 0 Å². The fourth-order valence-electron chi connectivity index (χ4n) is 2.79. The lowest BCUT2D eigenvalue weighted by atomic mass is 9.65. The van der Waals surface area contributed by atoms with Crippen LogP contribution in [-0.2, 0) is 9.53 Å². The molecule has 3 fully saturated rings. The van der Waals surface area contributed by atoms with E-state index in [4.69, 9.17) is 5.73 Å². The molecule has 0 aromatic heterocycles. The van der Waals surface area contributed by atoms with Crippen LogP contribution >= 0.6 is 0 Å². The van der Waals surface area contributed by atoms with Crippen molar-refractivity contribution in [2.24, 2.45) is 11.1 Å². The van der Waals surface area contributed by atoms with Gasteiger partial charge in [-0.2, -0.15) is 13.2 Å². The number of carbonyl (C=O) groups is 1. The second-order valence-electron chi connectivity index (χ2n) is 4.83. The molecule has 1 unspecified atom stereocenters. The van der Waals surface area contributed by atoms with E-state index in [-0.39, 0.29) is 5.54 Å². The highest BCUT2D eigenvalue weighted by molar-refractivity contribution is 5.75. The molecule has 0 aliphatic heterocycles. The van der Waals surface area contributed by atoms with Crippen molar-refractivity contribution < 1.29 is 27.8 Å². The number of rotatable bonds is 2. The van der Waals surface area contributed by atoms with Crippen molar-refractivity contribution >= 4 is 5.97 Å². The molecule has 1 atom stereocenters. The van der Waals surface area contributed by atoms with E-state index in [0.29, 0.717) is 25.7 Å². The Labute approximate surface area is 89.6 Å². The summed E-state index contributed by atoms with van der Waals surface area (Å²) in [5, 5.41) is 9.50. The van der Waals surface area contributed by atoms with Gasteiger partial charge in [-0.15, -0.1) is 0 Å². The van der Waals surface area contributed by atoms with Crippen LogP contribution in [-0.4, -0.2) is 29.1 Å². The lowest BCUT2D eigenvalue weighted by molar-refractivity contribution is -0.242. The van der Waals surface area contributed by atoms with E-state index in [9.17, 15) is 23.1 Å². The summed E-state index contributed by atoms with van der Waals surface area (Å²) in [5.41, 5.74) is 4.67. The minimum atomic E-state index is -5.07. The number of halogens is 3. The van der Waals surface area contributed by atoms with Gasteiger partial charge < -0.3 is 15.6 Å². The largest absolute Gasteiger partial charge is 0.491 e. The Balaban J connectivity index is 1.96. The molecule has 0 radical (unpaired) electrons. The van der Waals surface area contributed by atoms with Crippen LogP contribution in [0.15, 0.2) is 0 Å². The van der Waals surface area contributed by atoms with Gasteiger partial charge in [-0.3, -0.25) is 0 Å². The minimum Gasteiger partial charge on any atom is -0.429 e. The molecular formula is C9H12F3NO3. The smallest absolute Gasteiger partial charge is 0.429 e. The van der Waals surface area contributed by atoms with Crippen LogP contribution in [0.1, 0.15) is 25.7 Å². The van der Waals surface area contributed by atoms with Gasteiger partial charge in [0.1, 0.15) is 0 Å². The quantitative estimate of drug-likeness (QED) is 0.549. The lowest BCUT2D eigenvalue weighted by Crippen LogP contribution is -2.55. The summed E-state index contributed by atoms with van der Waals surface area (Å²) in [6, 6.07) is 0. The highest BCUT2D eigenvalue weighted by Gasteiger charge is 2.63. The number of hydrogen-bond donors (Lipinski definition) is 2. The Hall–Kier alpha value is -0.820. The van der Waals surface area contributed by atoms with E-state index in [2.05, 4.69) is 4.74 Å². The maximum absolute atomic E-state index is 11.9. The molecule has 3 aliphatic carbocycles. The monoisotopic (exact) mass is 239 g/mol. The Morgan fingerprint density at radius 3 is 2.31 bits per heavy atom. The number of carbonyl (C=O) groups excluding carboxylic acids is 1. The van der Waals surface area contributed by atoms with Gasteiger partial charge in [-0.25, -0.2) is 4.79 Å². The van der Waals surface area contributed by atoms with Gasteiger partial charge in [0.2, 0.25) is 6.29 Å². The zero-order valence-corrected chi connectivity index (χ0v) is 8.38. The average Bonchev–Trinajstić information content (AvgIpc) is 2.56. The summed E-state index contributed by atoms with van der Waals surface area (Å²) in [4.78, 5) is 10.5. The van der Waals surface area contributed by atoms with Crippen molar-refractivity contribution in [3.05, 3.63) is 0 Å². The number of esters is 1. The van der Waals surface area contributed by atoms with E-state index in [1.165, 1.54) is 0 Å². The van der Waals surface area contributed by atoms with Gasteiger partial charge in [0.25, 0.3) is 0 Å². The highest BCUT2D eigenvalue weighted by atomic mass is 19.4. The molecular weight excluding hydrogens is 227 g/mol. The van der Waals surface area contributed by atoms with E-state index < -0.39 is 23.9 Å². The van der Waals surface area contributed by atoms with Crippen molar-refractivity contribution in [2.45, 2.75) is 43.7 Å². The molecule has 0 amide bonds. The Kier molecular flexibility index (Phi) is 2.26. The SMILES string of the molecule is NC12CCC(C(O)OC(=O)C(F)(F)F)(C1)C2. The van der Waals surface area contributed by atoms with Crippen molar-refractivity contribution in [2.75, 3.05) is 0 Å². The Morgan fingerprint density at radius 2 is 1.94 bits per heavy atom. The third-order valence-corrected chi connectivity index (χ3v) is 3.50. The average molecular weight is 239 g/mol. The van der Waals surface area contributed by atoms with Gasteiger partial charge in [-0.1, -0.05) is 0 Å². The topological polar surface area (TPSA) is 72.6 Å². The molecule has 3 saturated carbocycles. The molecule has 0 spiro atoms. The first-order valence-electron chi connectivity index (χ1n) is 4.92. The van der Waals surface area contributed by atoms with Crippen LogP contribution in [0.5, 0.6) is 0 Å². The van der Waals surface area contributed by atoms with Gasteiger partial charge in [0.05, 0.1) is 0 Å². The fraction of sp³-hybridized carbons (Fsp3) is 0.889. The van der Waals surface area contributed by atoms with Crippen LogP contribution in [0.2, 0.25) is 0 Å². The summed E-state index contributed by atoms with van der Waals surface area (Å²) < 4.78 is 39.7. The number of nitrogens with two attached hydrogens (primary N) is 1. The highest BCUT2D eigenvalue weighted by Crippen LogP contribution is 2.62. The van der Waals surface area contributed by atoms with E-state index in [1.807, 2.05) is 0 Å². The van der Waals surface area contributed by atoms with E-state index in [1.54, 1.807) is 0 Å². The first kappa shape index (κ1) is 11.7. The van der Waals surface area contributed by atoms with Gasteiger partial charge >= 0.3 is 12.1 Å². The molecule has 3 N–H and O–H groups in total. The second kappa shape index (κ2) is 3.10. The van der Waals surface area contributed by atoms with Gasteiger partial charge in [-0.05, 0) is 25.7 Å². The molecule has 92 valence electrons. The molecule has 16 heavy (non-hydrogen) atoms. The summed E-state index contributed by atoms with van der Waals surface area (Å²) >= 11 is 0. The normalized spacial score (nSPS) is 39.1. The number of aliphatic hydroxyl groups is 1. The number of aliphatic hydroxyl groups excluding tert-OH is 1. The van der Waals surface area contributed by atoms with Crippen molar-refractivity contribution in [3.8, 4) is 0 Å². The van der Waals surface area contributed by atoms with E-state index >= 15 is 0 Å². The first-order chi connectivity index (χ1) is 7.17. The van der Waals surface area contributed by atoms with Crippen molar-refractivity contribution in [3.63, 3.8) is 0 Å². The van der Waals surface area contributed by atoms with Gasteiger partial charge in [0.15, 0.2) is 0 Å². The van der Waals surface area contributed by atoms with Gasteiger partial charge in [0, 0.05) is 11.0 Å². The number of alkyl halides is 3. The number of ether oxygens (including phenoxy) is 1. The van der Waals surface area contributed by atoms with Crippen LogP contribution in [0, 0.1) is 5.41 Å². The maximum Gasteiger partial charge on any atom is 0.491 e. The standard InChI is InChI=1S/C9H12F3NO3/c10-9(11,12)6(15)16-5(14)7-1-2-8(13,3-7)4-7/h5,14H,1-4,13H2. The maximum atomic E-state index is 11.9. The summed E-state index contributed by atoms with van der Waals surface area (Å²) in [6.07, 6.45) is -4.82. The zero-order valence-electron chi connectivity index (χ0n) is 8.38. The number of fused-ring (bicyclic) bond motifs is 1. The zero-order chi connectivity index (χ0) is 12.2. The predicted molar refractivity (Wildman–Crippen MR) is 46.0 cm³/mol. The lowest BCUT2D eigenvalue weighted by Gasteiger charge is -2.46. The van der Waals surface area contributed by atoms with Crippen LogP contribution in [0.25, 0.3) is 0 Å². The molecule has 0 saturated heterocycles. The third-order valence-electron chi connectivity index (χ3n) is 3.50.